The molecule has 4 heteroatoms. The predicted octanol–water partition coefficient (Wildman–Crippen LogP) is 2.03. The summed E-state index contributed by atoms with van der Waals surface area (Å²) in [5, 5.41) is 0. The Labute approximate surface area is 76.3 Å². The molecule has 0 heterocycles. The summed E-state index contributed by atoms with van der Waals surface area (Å²) < 4.78 is 27.8. The molecular formula is C9H14F2O2. The van der Waals surface area contributed by atoms with E-state index in [2.05, 4.69) is 4.74 Å². The average Bonchev–Trinajstić information content (AvgIpc) is 1.94. The van der Waals surface area contributed by atoms with Crippen molar-refractivity contribution >= 4 is 5.78 Å². The molecule has 0 aromatic carbocycles. The fraction of sp³-hybridized carbons (Fsp3) is 0.889. The van der Waals surface area contributed by atoms with Crippen LogP contribution in [0.4, 0.5) is 8.78 Å². The summed E-state index contributed by atoms with van der Waals surface area (Å²) in [6.45, 7) is -0.419. The molecule has 13 heavy (non-hydrogen) atoms. The van der Waals surface area contributed by atoms with Crippen LogP contribution >= 0.6 is 0 Å². The minimum Gasteiger partial charge on any atom is -0.375 e. The number of ketones is 1. The van der Waals surface area contributed by atoms with Gasteiger partial charge in [0.15, 0.2) is 0 Å². The summed E-state index contributed by atoms with van der Waals surface area (Å²) >= 11 is 0. The van der Waals surface area contributed by atoms with Crippen LogP contribution in [0.2, 0.25) is 0 Å². The summed E-state index contributed by atoms with van der Waals surface area (Å²) in [4.78, 5) is 11.2. The highest BCUT2D eigenvalue weighted by atomic mass is 19.3. The largest absolute Gasteiger partial charge is 0.375 e. The van der Waals surface area contributed by atoms with Crippen molar-refractivity contribution in [3.8, 4) is 0 Å². The Morgan fingerprint density at radius 3 is 2.62 bits per heavy atom. The first kappa shape index (κ1) is 10.6. The van der Waals surface area contributed by atoms with Gasteiger partial charge in [0.1, 0.15) is 12.4 Å². The van der Waals surface area contributed by atoms with Gasteiger partial charge in [-0.05, 0) is 12.8 Å². The second-order valence-corrected chi connectivity index (χ2v) is 3.31. The maximum Gasteiger partial charge on any atom is 0.261 e. The first-order valence-electron chi connectivity index (χ1n) is 4.58. The first-order chi connectivity index (χ1) is 6.20. The molecule has 0 N–H and O–H groups in total. The van der Waals surface area contributed by atoms with Gasteiger partial charge in [-0.2, -0.15) is 0 Å². The highest BCUT2D eigenvalue weighted by Gasteiger charge is 2.24. The van der Waals surface area contributed by atoms with E-state index in [0.29, 0.717) is 0 Å². The monoisotopic (exact) mass is 192 g/mol. The van der Waals surface area contributed by atoms with Crippen LogP contribution in [0.1, 0.15) is 25.7 Å². The summed E-state index contributed by atoms with van der Waals surface area (Å²) in [6.07, 6.45) is 0.909. The van der Waals surface area contributed by atoms with Crippen molar-refractivity contribution in [3.05, 3.63) is 0 Å². The molecule has 1 saturated carbocycles. The molecule has 1 rings (SSSR count). The van der Waals surface area contributed by atoms with Crippen molar-refractivity contribution in [2.45, 2.75) is 32.1 Å². The van der Waals surface area contributed by atoms with Gasteiger partial charge in [0.05, 0.1) is 6.61 Å². The zero-order valence-electron chi connectivity index (χ0n) is 7.47. The third-order valence-corrected chi connectivity index (χ3v) is 2.30. The standard InChI is InChI=1S/C9H14F2O2/c10-9(11)6-13-5-4-8(12)7-2-1-3-7/h7,9H,1-6H2. The zero-order chi connectivity index (χ0) is 9.68. The molecule has 0 saturated heterocycles. The summed E-state index contributed by atoms with van der Waals surface area (Å²) in [7, 11) is 0. The lowest BCUT2D eigenvalue weighted by Crippen LogP contribution is -2.23. The van der Waals surface area contributed by atoms with E-state index in [1.54, 1.807) is 0 Å². The maximum atomic E-state index is 11.6. The van der Waals surface area contributed by atoms with Gasteiger partial charge >= 0.3 is 0 Å². The Balaban J connectivity index is 1.95. The Hall–Kier alpha value is -0.510. The van der Waals surface area contributed by atoms with Crippen molar-refractivity contribution in [1.82, 2.24) is 0 Å². The van der Waals surface area contributed by atoms with Gasteiger partial charge in [0.2, 0.25) is 0 Å². The van der Waals surface area contributed by atoms with Crippen molar-refractivity contribution in [2.75, 3.05) is 13.2 Å². The molecule has 0 aromatic rings. The number of Topliss-reactive ketones (excluding diaryl/α,β-unsaturated/α-hetero) is 1. The topological polar surface area (TPSA) is 26.3 Å². The second-order valence-electron chi connectivity index (χ2n) is 3.31. The van der Waals surface area contributed by atoms with Crippen LogP contribution < -0.4 is 0 Å². The minimum absolute atomic E-state index is 0.139. The normalized spacial score (nSPS) is 17.5. The van der Waals surface area contributed by atoms with Crippen LogP contribution in [0.5, 0.6) is 0 Å². The highest BCUT2D eigenvalue weighted by molar-refractivity contribution is 5.81. The number of carbonyl (C=O) groups excluding carboxylic acids is 1. The molecule has 0 aliphatic heterocycles. The van der Waals surface area contributed by atoms with Crippen LogP contribution in [0.25, 0.3) is 0 Å². The minimum atomic E-state index is -2.43. The van der Waals surface area contributed by atoms with Gasteiger partial charge in [-0.3, -0.25) is 4.79 Å². The fourth-order valence-electron chi connectivity index (χ4n) is 1.28. The smallest absolute Gasteiger partial charge is 0.261 e. The molecule has 0 amide bonds. The van der Waals surface area contributed by atoms with E-state index in [4.69, 9.17) is 0 Å². The molecule has 1 aliphatic rings. The number of hydrogen-bond donors (Lipinski definition) is 0. The molecule has 0 atom stereocenters. The van der Waals surface area contributed by atoms with E-state index in [1.807, 2.05) is 0 Å². The molecule has 76 valence electrons. The predicted molar refractivity (Wildman–Crippen MR) is 43.8 cm³/mol. The molecule has 2 nitrogen and oxygen atoms in total. The Kier molecular flexibility index (Phi) is 4.28. The highest BCUT2D eigenvalue weighted by Crippen LogP contribution is 2.27. The van der Waals surface area contributed by atoms with E-state index in [1.165, 1.54) is 0 Å². The van der Waals surface area contributed by atoms with E-state index < -0.39 is 13.0 Å². The Bertz CT molecular complexity index is 167. The van der Waals surface area contributed by atoms with Crippen molar-refractivity contribution in [2.24, 2.45) is 5.92 Å². The lowest BCUT2D eigenvalue weighted by Gasteiger charge is -2.23. The second kappa shape index (κ2) is 5.27. The number of hydrogen-bond acceptors (Lipinski definition) is 2. The van der Waals surface area contributed by atoms with Crippen LogP contribution in [-0.4, -0.2) is 25.4 Å². The number of rotatable bonds is 6. The molecule has 0 spiro atoms. The van der Waals surface area contributed by atoms with Crippen LogP contribution in [-0.2, 0) is 9.53 Å². The van der Waals surface area contributed by atoms with Gasteiger partial charge in [0, 0.05) is 12.3 Å². The van der Waals surface area contributed by atoms with Gasteiger partial charge in [0.25, 0.3) is 6.43 Å². The zero-order valence-corrected chi connectivity index (χ0v) is 7.47. The number of halogens is 2. The van der Waals surface area contributed by atoms with Gasteiger partial charge in [-0.1, -0.05) is 6.42 Å². The molecule has 1 fully saturated rings. The van der Waals surface area contributed by atoms with Crippen molar-refractivity contribution in [3.63, 3.8) is 0 Å². The first-order valence-corrected chi connectivity index (χ1v) is 4.58. The molecular weight excluding hydrogens is 178 g/mol. The fourth-order valence-corrected chi connectivity index (χ4v) is 1.28. The van der Waals surface area contributed by atoms with E-state index in [0.717, 1.165) is 19.3 Å². The quantitative estimate of drug-likeness (QED) is 0.602. The lowest BCUT2D eigenvalue weighted by molar-refractivity contribution is -0.126. The van der Waals surface area contributed by atoms with Crippen molar-refractivity contribution < 1.29 is 18.3 Å². The maximum absolute atomic E-state index is 11.6. The van der Waals surface area contributed by atoms with E-state index in [-0.39, 0.29) is 24.7 Å². The molecule has 0 bridgehead atoms. The van der Waals surface area contributed by atoms with Gasteiger partial charge < -0.3 is 4.74 Å². The third-order valence-electron chi connectivity index (χ3n) is 2.30. The Morgan fingerprint density at radius 1 is 1.46 bits per heavy atom. The van der Waals surface area contributed by atoms with E-state index >= 15 is 0 Å². The summed E-state index contributed by atoms with van der Waals surface area (Å²) in [6, 6.07) is 0. The SMILES string of the molecule is O=C(CCOCC(F)F)C1CCC1. The molecule has 0 radical (unpaired) electrons. The van der Waals surface area contributed by atoms with Gasteiger partial charge in [-0.25, -0.2) is 8.78 Å². The summed E-state index contributed by atoms with van der Waals surface area (Å²) in [5.74, 6) is 0.357. The van der Waals surface area contributed by atoms with Crippen LogP contribution in [0.3, 0.4) is 0 Å². The summed E-state index contributed by atoms with van der Waals surface area (Å²) in [5.41, 5.74) is 0. The van der Waals surface area contributed by atoms with Crippen molar-refractivity contribution in [1.29, 1.82) is 0 Å². The number of carbonyl (C=O) groups is 1. The molecule has 0 unspecified atom stereocenters. The number of ether oxygens (including phenoxy) is 1. The van der Waals surface area contributed by atoms with E-state index in [9.17, 15) is 13.6 Å². The lowest BCUT2D eigenvalue weighted by atomic mass is 9.81. The molecule has 1 aliphatic carbocycles. The number of alkyl halides is 2. The Morgan fingerprint density at radius 2 is 2.15 bits per heavy atom. The van der Waals surface area contributed by atoms with Crippen LogP contribution in [0.15, 0.2) is 0 Å². The average molecular weight is 192 g/mol. The third kappa shape index (κ3) is 3.81. The van der Waals surface area contributed by atoms with Gasteiger partial charge in [-0.15, -0.1) is 0 Å². The van der Waals surface area contributed by atoms with Crippen LogP contribution in [0, 0.1) is 5.92 Å². The molecule has 0 aromatic heterocycles.